The Morgan fingerprint density at radius 1 is 1.20 bits per heavy atom. The summed E-state index contributed by atoms with van der Waals surface area (Å²) in [4.78, 5) is 32.3. The predicted octanol–water partition coefficient (Wildman–Crippen LogP) is 4.13. The van der Waals surface area contributed by atoms with Crippen LogP contribution in [-0.2, 0) is 17.5 Å². The van der Waals surface area contributed by atoms with Crippen LogP contribution in [-0.4, -0.2) is 44.5 Å². The van der Waals surface area contributed by atoms with Gasteiger partial charge in [0.25, 0.3) is 17.5 Å². The van der Waals surface area contributed by atoms with Crippen molar-refractivity contribution in [2.24, 2.45) is 0 Å². The van der Waals surface area contributed by atoms with Gasteiger partial charge in [-0.15, -0.1) is 0 Å². The van der Waals surface area contributed by atoms with E-state index in [1.807, 2.05) is 0 Å². The maximum absolute atomic E-state index is 15.0. The maximum Gasteiger partial charge on any atom is 0.423 e. The molecule has 218 valence electrons. The van der Waals surface area contributed by atoms with E-state index in [1.165, 1.54) is 23.9 Å². The molecule has 3 heterocycles. The number of nitrogens with zero attached hydrogens (tertiary/aromatic N) is 4. The van der Waals surface area contributed by atoms with Crippen molar-refractivity contribution in [3.8, 4) is 11.4 Å². The van der Waals surface area contributed by atoms with Crippen molar-refractivity contribution in [3.05, 3.63) is 74.4 Å². The zero-order chi connectivity index (χ0) is 29.9. The average Bonchev–Trinajstić information content (AvgIpc) is 2.89. The summed E-state index contributed by atoms with van der Waals surface area (Å²) in [7, 11) is 1.36. The van der Waals surface area contributed by atoms with Crippen molar-refractivity contribution >= 4 is 22.3 Å². The van der Waals surface area contributed by atoms with Gasteiger partial charge in [0.05, 0.1) is 35.0 Å². The van der Waals surface area contributed by atoms with Crippen molar-refractivity contribution in [2.75, 3.05) is 24.8 Å². The molecule has 3 aromatic heterocycles. The third-order valence-electron chi connectivity index (χ3n) is 6.21. The van der Waals surface area contributed by atoms with Gasteiger partial charge in [-0.2, -0.15) is 18.3 Å². The first-order valence-corrected chi connectivity index (χ1v) is 12.0. The van der Waals surface area contributed by atoms with Gasteiger partial charge in [-0.25, -0.2) is 28.2 Å². The van der Waals surface area contributed by atoms with Gasteiger partial charge in [0.2, 0.25) is 0 Å². The molecular formula is C25H23F6N7O3. The number of alkyl halides is 5. The Balaban J connectivity index is 1.52. The van der Waals surface area contributed by atoms with Crippen molar-refractivity contribution < 1.29 is 31.1 Å². The Kier molecular flexibility index (Phi) is 8.60. The fourth-order valence-electron chi connectivity index (χ4n) is 4.27. The summed E-state index contributed by atoms with van der Waals surface area (Å²) in [5, 5.41) is 8.20. The minimum absolute atomic E-state index is 0.00438. The number of hydrogen-bond acceptors (Lipinski definition) is 8. The van der Waals surface area contributed by atoms with E-state index in [2.05, 4.69) is 20.4 Å². The van der Waals surface area contributed by atoms with Gasteiger partial charge < -0.3 is 20.4 Å². The monoisotopic (exact) mass is 583 g/mol. The van der Waals surface area contributed by atoms with E-state index >= 15 is 0 Å². The van der Waals surface area contributed by atoms with Crippen LogP contribution in [0.25, 0.3) is 22.2 Å². The van der Waals surface area contributed by atoms with E-state index in [9.17, 15) is 35.9 Å². The van der Waals surface area contributed by atoms with E-state index < -0.39 is 58.2 Å². The highest BCUT2D eigenvalue weighted by molar-refractivity contribution is 5.86. The number of anilines is 2. The van der Waals surface area contributed by atoms with Crippen molar-refractivity contribution in [2.45, 2.75) is 38.0 Å². The molecule has 0 saturated carbocycles. The molecule has 0 aliphatic heterocycles. The third-order valence-corrected chi connectivity index (χ3v) is 6.21. The van der Waals surface area contributed by atoms with Gasteiger partial charge in [0.1, 0.15) is 17.2 Å². The number of aromatic amines is 1. The van der Waals surface area contributed by atoms with Crippen LogP contribution in [0.2, 0.25) is 0 Å². The molecule has 0 amide bonds. The molecule has 0 saturated heterocycles. The minimum atomic E-state index is -4.92. The lowest BCUT2D eigenvalue weighted by Gasteiger charge is -2.21. The Bertz CT molecular complexity index is 1670. The molecule has 4 N–H and O–H groups in total. The molecule has 4 aromatic rings. The molecular weight excluding hydrogens is 560 g/mol. The fraction of sp³-hybridized carbons (Fsp3) is 0.320. The maximum atomic E-state index is 15.0. The first-order valence-electron chi connectivity index (χ1n) is 12.0. The van der Waals surface area contributed by atoms with Crippen molar-refractivity contribution in [3.63, 3.8) is 0 Å². The largest absolute Gasteiger partial charge is 0.423 e. The lowest BCUT2D eigenvalue weighted by atomic mass is 10.1. The number of methoxy groups -OCH3 is 1. The number of hydrogen-bond donors (Lipinski definition) is 3. The quantitative estimate of drug-likeness (QED) is 0.237. The second-order valence-electron chi connectivity index (χ2n) is 8.99. The smallest absolute Gasteiger partial charge is 0.383 e. The number of nitrogens with one attached hydrogen (secondary N) is 2. The zero-order valence-corrected chi connectivity index (χ0v) is 21.3. The summed E-state index contributed by atoms with van der Waals surface area (Å²) in [6.07, 6.45) is -4.15. The zero-order valence-electron chi connectivity index (χ0n) is 21.3. The molecule has 0 radical (unpaired) electrons. The summed E-state index contributed by atoms with van der Waals surface area (Å²) >= 11 is 0. The van der Waals surface area contributed by atoms with Crippen LogP contribution in [0, 0.1) is 5.82 Å². The van der Waals surface area contributed by atoms with Crippen LogP contribution in [0.3, 0.4) is 0 Å². The van der Waals surface area contributed by atoms with Gasteiger partial charge in [0.15, 0.2) is 5.82 Å². The summed E-state index contributed by atoms with van der Waals surface area (Å²) in [5.41, 5.74) is 0.970. The van der Waals surface area contributed by atoms with E-state index in [4.69, 9.17) is 10.5 Å². The highest BCUT2D eigenvalue weighted by Gasteiger charge is 2.37. The first kappa shape index (κ1) is 29.5. The van der Waals surface area contributed by atoms with Crippen molar-refractivity contribution in [1.82, 2.24) is 24.7 Å². The Morgan fingerprint density at radius 2 is 1.95 bits per heavy atom. The van der Waals surface area contributed by atoms with E-state index in [1.54, 1.807) is 11.2 Å². The molecule has 0 aliphatic rings. The standard InChI is InChI=1S/C25H23F6N7O3/c1-41-11-13(35-18-10-34-37-23(39)19(18)25(29,30)31)3-2-5-38-6-4-12-7-15(17(26)8-14(12)24(38)40)22-33-9-16(20(27)28)21(32)36-22/h4,6-10,13,20H,2-3,5,11H2,1H3,(H2,32,33,36)(H2,35,37,39)/t13-/m1/s1. The van der Waals surface area contributed by atoms with Crippen LogP contribution in [0.5, 0.6) is 0 Å². The van der Waals surface area contributed by atoms with Crippen LogP contribution in [0.4, 0.5) is 37.8 Å². The molecule has 0 aliphatic carbocycles. The van der Waals surface area contributed by atoms with Gasteiger partial charge in [-0.1, -0.05) is 0 Å². The first-order chi connectivity index (χ1) is 19.4. The number of aromatic nitrogens is 5. The van der Waals surface area contributed by atoms with E-state index in [-0.39, 0.29) is 36.3 Å². The molecule has 10 nitrogen and oxygen atoms in total. The van der Waals surface area contributed by atoms with Crippen LogP contribution >= 0.6 is 0 Å². The molecule has 0 fully saturated rings. The van der Waals surface area contributed by atoms with Crippen LogP contribution in [0.15, 0.2) is 46.4 Å². The van der Waals surface area contributed by atoms with Gasteiger partial charge in [0, 0.05) is 32.1 Å². The summed E-state index contributed by atoms with van der Waals surface area (Å²) in [6, 6.07) is 3.17. The summed E-state index contributed by atoms with van der Waals surface area (Å²) < 4.78 is 87.4. The molecule has 0 bridgehead atoms. The van der Waals surface area contributed by atoms with Crippen molar-refractivity contribution in [1.29, 1.82) is 0 Å². The molecule has 0 spiro atoms. The number of benzene rings is 1. The second-order valence-corrected chi connectivity index (χ2v) is 8.99. The Hall–Kier alpha value is -4.47. The predicted molar refractivity (Wildman–Crippen MR) is 137 cm³/mol. The number of H-pyrrole nitrogens is 1. The number of ether oxygens (including phenoxy) is 1. The minimum Gasteiger partial charge on any atom is -0.383 e. The highest BCUT2D eigenvalue weighted by Crippen LogP contribution is 2.32. The molecule has 4 rings (SSSR count). The number of fused-ring (bicyclic) bond motifs is 1. The molecule has 1 atom stereocenters. The van der Waals surface area contributed by atoms with Gasteiger partial charge >= 0.3 is 6.18 Å². The Morgan fingerprint density at radius 3 is 2.61 bits per heavy atom. The van der Waals surface area contributed by atoms with Gasteiger partial charge in [-0.3, -0.25) is 9.59 Å². The summed E-state index contributed by atoms with van der Waals surface area (Å²) in [6.45, 7) is 0.129. The topological polar surface area (TPSA) is 141 Å². The SMILES string of the molecule is COC[C@@H](CCCn1ccc2cc(-c3ncc(C(F)F)c(N)n3)c(F)cc2c1=O)Nc1cn[nH]c(=O)c1C(F)(F)F. The normalized spacial score (nSPS) is 12.7. The van der Waals surface area contributed by atoms with Crippen LogP contribution in [0.1, 0.15) is 30.4 Å². The summed E-state index contributed by atoms with van der Waals surface area (Å²) in [5.74, 6) is -1.59. The molecule has 41 heavy (non-hydrogen) atoms. The molecule has 16 heteroatoms. The number of nitrogens with two attached hydrogens (primary N) is 1. The third kappa shape index (κ3) is 6.48. The average molecular weight is 583 g/mol. The van der Waals surface area contributed by atoms with E-state index in [0.29, 0.717) is 11.8 Å². The highest BCUT2D eigenvalue weighted by atomic mass is 19.4. The number of rotatable bonds is 10. The molecule has 1 aromatic carbocycles. The van der Waals surface area contributed by atoms with Gasteiger partial charge in [-0.05, 0) is 36.4 Å². The Labute approximate surface area is 227 Å². The number of pyridine rings is 1. The lowest BCUT2D eigenvalue weighted by molar-refractivity contribution is -0.138. The fourth-order valence-corrected chi connectivity index (χ4v) is 4.27. The van der Waals surface area contributed by atoms with E-state index in [0.717, 1.165) is 18.5 Å². The number of aryl methyl sites for hydroxylation is 1. The lowest BCUT2D eigenvalue weighted by Crippen LogP contribution is -2.31. The number of halogens is 6. The molecule has 0 unspecified atom stereocenters. The second kappa shape index (κ2) is 12.0. The number of nitrogen functional groups attached to an aromatic ring is 1. The van der Waals surface area contributed by atoms with Crippen LogP contribution < -0.4 is 22.2 Å².